The molecule has 1 aromatic rings. The Bertz CT molecular complexity index is 476. The number of ether oxygens (including phenoxy) is 1. The summed E-state index contributed by atoms with van der Waals surface area (Å²) in [6, 6.07) is 6.26. The van der Waals surface area contributed by atoms with Gasteiger partial charge >= 0.3 is 0 Å². The molecule has 1 heterocycles. The van der Waals surface area contributed by atoms with E-state index in [0.717, 1.165) is 30.8 Å². The van der Waals surface area contributed by atoms with E-state index in [9.17, 15) is 4.79 Å². The first-order valence-electron chi connectivity index (χ1n) is 6.96. The van der Waals surface area contributed by atoms with Crippen molar-refractivity contribution in [3.05, 3.63) is 23.8 Å². The van der Waals surface area contributed by atoms with Crippen LogP contribution in [0.1, 0.15) is 12.0 Å². The van der Waals surface area contributed by atoms with E-state index in [1.54, 1.807) is 7.11 Å². The van der Waals surface area contributed by atoms with E-state index in [0.29, 0.717) is 18.3 Å². The average Bonchev–Trinajstić information content (AvgIpc) is 2.86. The van der Waals surface area contributed by atoms with Gasteiger partial charge in [0.2, 0.25) is 5.91 Å². The van der Waals surface area contributed by atoms with E-state index in [1.807, 2.05) is 32.2 Å². The molecular formula is C15H23N3O2. The van der Waals surface area contributed by atoms with Crippen molar-refractivity contribution in [2.75, 3.05) is 39.1 Å². The zero-order valence-corrected chi connectivity index (χ0v) is 12.4. The van der Waals surface area contributed by atoms with Crippen LogP contribution in [0, 0.1) is 6.92 Å². The average molecular weight is 277 g/mol. The van der Waals surface area contributed by atoms with Crippen LogP contribution in [-0.2, 0) is 4.79 Å². The van der Waals surface area contributed by atoms with Crippen molar-refractivity contribution in [1.82, 2.24) is 10.2 Å². The molecule has 20 heavy (non-hydrogen) atoms. The van der Waals surface area contributed by atoms with Gasteiger partial charge in [-0.05, 0) is 38.1 Å². The summed E-state index contributed by atoms with van der Waals surface area (Å²) in [5.74, 6) is 0.698. The number of amides is 1. The fraction of sp³-hybridized carbons (Fsp3) is 0.533. The second-order valence-corrected chi connectivity index (χ2v) is 5.26. The summed E-state index contributed by atoms with van der Waals surface area (Å²) >= 11 is 0. The largest absolute Gasteiger partial charge is 0.495 e. The van der Waals surface area contributed by atoms with Crippen LogP contribution in [0.5, 0.6) is 5.75 Å². The molecule has 2 rings (SSSR count). The van der Waals surface area contributed by atoms with Gasteiger partial charge in [-0.1, -0.05) is 6.07 Å². The number of rotatable bonds is 5. The highest BCUT2D eigenvalue weighted by Gasteiger charge is 2.22. The Morgan fingerprint density at radius 3 is 2.95 bits per heavy atom. The normalized spacial score (nSPS) is 19.1. The molecule has 0 aliphatic carbocycles. The van der Waals surface area contributed by atoms with E-state index in [4.69, 9.17) is 4.74 Å². The molecule has 1 aliphatic heterocycles. The van der Waals surface area contributed by atoms with Crippen molar-refractivity contribution in [3.8, 4) is 5.75 Å². The number of hydrogen-bond donors (Lipinski definition) is 2. The molecule has 0 saturated carbocycles. The third-order valence-electron chi connectivity index (χ3n) is 3.68. The molecule has 5 nitrogen and oxygen atoms in total. The van der Waals surface area contributed by atoms with Gasteiger partial charge in [-0.25, -0.2) is 0 Å². The fourth-order valence-corrected chi connectivity index (χ4v) is 2.52. The Labute approximate surface area is 120 Å². The molecule has 0 aromatic heterocycles. The van der Waals surface area contributed by atoms with Crippen LogP contribution in [0.4, 0.5) is 5.69 Å². The minimum atomic E-state index is 0.00523. The first kappa shape index (κ1) is 14.8. The molecule has 1 amide bonds. The molecule has 1 saturated heterocycles. The summed E-state index contributed by atoms with van der Waals surface area (Å²) in [6.45, 7) is 4.31. The van der Waals surface area contributed by atoms with Gasteiger partial charge in [0.15, 0.2) is 0 Å². The third-order valence-corrected chi connectivity index (χ3v) is 3.68. The Balaban J connectivity index is 1.93. The highest BCUT2D eigenvalue weighted by Crippen LogP contribution is 2.25. The third kappa shape index (κ3) is 3.71. The quantitative estimate of drug-likeness (QED) is 0.850. The first-order valence-corrected chi connectivity index (χ1v) is 6.96. The summed E-state index contributed by atoms with van der Waals surface area (Å²) in [5, 5.41) is 6.19. The van der Waals surface area contributed by atoms with Crippen molar-refractivity contribution in [1.29, 1.82) is 0 Å². The molecule has 0 spiro atoms. The zero-order valence-electron chi connectivity index (χ0n) is 12.4. The molecule has 2 N–H and O–H groups in total. The number of aryl methyl sites for hydroxylation is 1. The lowest BCUT2D eigenvalue weighted by atomic mass is 10.2. The standard InChI is InChI=1S/C15H23N3O2/c1-11-4-5-14(20-3)13(8-11)17-15(19)10-18-7-6-12(9-18)16-2/h4-5,8,12,16H,6-7,9-10H2,1-3H3,(H,17,19). The number of carbonyl (C=O) groups is 1. The van der Waals surface area contributed by atoms with Gasteiger partial charge in [-0.2, -0.15) is 0 Å². The van der Waals surface area contributed by atoms with Crippen molar-refractivity contribution < 1.29 is 9.53 Å². The number of carbonyl (C=O) groups excluding carboxylic acids is 1. The van der Waals surface area contributed by atoms with Crippen LogP contribution in [-0.4, -0.2) is 50.6 Å². The predicted octanol–water partition coefficient (Wildman–Crippen LogP) is 1.24. The maximum atomic E-state index is 12.1. The number of likely N-dealkylation sites (N-methyl/N-ethyl adjacent to an activating group) is 1. The van der Waals surface area contributed by atoms with Crippen LogP contribution < -0.4 is 15.4 Å². The number of benzene rings is 1. The van der Waals surface area contributed by atoms with Gasteiger partial charge in [-0.15, -0.1) is 0 Å². The number of nitrogens with zero attached hydrogens (tertiary/aromatic N) is 1. The second-order valence-electron chi connectivity index (χ2n) is 5.26. The molecule has 0 radical (unpaired) electrons. The highest BCUT2D eigenvalue weighted by atomic mass is 16.5. The molecule has 5 heteroatoms. The summed E-state index contributed by atoms with van der Waals surface area (Å²) in [6.07, 6.45) is 1.09. The van der Waals surface area contributed by atoms with Crippen LogP contribution in [0.2, 0.25) is 0 Å². The Kier molecular flexibility index (Phi) is 4.98. The number of anilines is 1. The van der Waals surface area contributed by atoms with Gasteiger partial charge in [0.25, 0.3) is 0 Å². The van der Waals surface area contributed by atoms with Gasteiger partial charge in [-0.3, -0.25) is 9.69 Å². The fourth-order valence-electron chi connectivity index (χ4n) is 2.52. The molecular weight excluding hydrogens is 254 g/mol. The Morgan fingerprint density at radius 1 is 1.50 bits per heavy atom. The van der Waals surface area contributed by atoms with E-state index in [2.05, 4.69) is 15.5 Å². The van der Waals surface area contributed by atoms with Gasteiger partial charge in [0.05, 0.1) is 19.3 Å². The van der Waals surface area contributed by atoms with Crippen molar-refractivity contribution in [2.45, 2.75) is 19.4 Å². The lowest BCUT2D eigenvalue weighted by molar-refractivity contribution is -0.117. The summed E-state index contributed by atoms with van der Waals surface area (Å²) in [7, 11) is 3.57. The molecule has 1 atom stereocenters. The van der Waals surface area contributed by atoms with Crippen molar-refractivity contribution in [3.63, 3.8) is 0 Å². The van der Waals surface area contributed by atoms with Crippen molar-refractivity contribution >= 4 is 11.6 Å². The van der Waals surface area contributed by atoms with Crippen LogP contribution in [0.15, 0.2) is 18.2 Å². The molecule has 1 aromatic carbocycles. The number of likely N-dealkylation sites (tertiary alicyclic amines) is 1. The molecule has 1 fully saturated rings. The summed E-state index contributed by atoms with van der Waals surface area (Å²) in [4.78, 5) is 14.3. The molecule has 1 aliphatic rings. The lowest BCUT2D eigenvalue weighted by Gasteiger charge is -2.16. The highest BCUT2D eigenvalue weighted by molar-refractivity contribution is 5.93. The maximum absolute atomic E-state index is 12.1. The van der Waals surface area contributed by atoms with Gasteiger partial charge in [0.1, 0.15) is 5.75 Å². The number of methoxy groups -OCH3 is 1. The molecule has 110 valence electrons. The monoisotopic (exact) mass is 277 g/mol. The van der Waals surface area contributed by atoms with Gasteiger partial charge < -0.3 is 15.4 Å². The zero-order chi connectivity index (χ0) is 14.5. The lowest BCUT2D eigenvalue weighted by Crippen LogP contribution is -2.34. The predicted molar refractivity (Wildman–Crippen MR) is 80.3 cm³/mol. The van der Waals surface area contributed by atoms with Gasteiger partial charge in [0, 0.05) is 19.1 Å². The minimum absolute atomic E-state index is 0.00523. The van der Waals surface area contributed by atoms with E-state index >= 15 is 0 Å². The Morgan fingerprint density at radius 2 is 2.30 bits per heavy atom. The molecule has 0 bridgehead atoms. The van der Waals surface area contributed by atoms with Crippen LogP contribution in [0.25, 0.3) is 0 Å². The summed E-state index contributed by atoms with van der Waals surface area (Å²) < 4.78 is 5.27. The topological polar surface area (TPSA) is 53.6 Å². The molecule has 1 unspecified atom stereocenters. The Hall–Kier alpha value is -1.59. The van der Waals surface area contributed by atoms with Crippen molar-refractivity contribution in [2.24, 2.45) is 0 Å². The summed E-state index contributed by atoms with van der Waals surface area (Å²) in [5.41, 5.74) is 1.83. The SMILES string of the molecule is CNC1CCN(CC(=O)Nc2cc(C)ccc2OC)C1. The maximum Gasteiger partial charge on any atom is 0.238 e. The number of hydrogen-bond acceptors (Lipinski definition) is 4. The van der Waals surface area contributed by atoms with Crippen LogP contribution in [0.3, 0.4) is 0 Å². The second kappa shape index (κ2) is 6.72. The van der Waals surface area contributed by atoms with E-state index in [-0.39, 0.29) is 5.91 Å². The van der Waals surface area contributed by atoms with E-state index < -0.39 is 0 Å². The van der Waals surface area contributed by atoms with Crippen LogP contribution >= 0.6 is 0 Å². The minimum Gasteiger partial charge on any atom is -0.495 e. The van der Waals surface area contributed by atoms with E-state index in [1.165, 1.54) is 0 Å². The smallest absolute Gasteiger partial charge is 0.238 e. The first-order chi connectivity index (χ1) is 9.62. The number of nitrogens with one attached hydrogen (secondary N) is 2.